The zero-order chi connectivity index (χ0) is 19.1. The second kappa shape index (κ2) is 6.90. The van der Waals surface area contributed by atoms with Gasteiger partial charge in [0, 0.05) is 4.47 Å². The second-order valence-corrected chi connectivity index (χ2v) is 8.41. The van der Waals surface area contributed by atoms with Crippen LogP contribution in [-0.2, 0) is 16.4 Å². The van der Waals surface area contributed by atoms with Crippen LogP contribution in [0.1, 0.15) is 12.5 Å². The molecule has 0 saturated carbocycles. The van der Waals surface area contributed by atoms with Crippen LogP contribution in [0.25, 0.3) is 11.0 Å². The summed E-state index contributed by atoms with van der Waals surface area (Å²) < 4.78 is 28.8. The summed E-state index contributed by atoms with van der Waals surface area (Å²) >= 11 is 9.25. The molecule has 3 rings (SSSR count). The van der Waals surface area contributed by atoms with Crippen LogP contribution in [0.15, 0.2) is 49.3 Å². The highest BCUT2D eigenvalue weighted by molar-refractivity contribution is 9.10. The minimum absolute atomic E-state index is 0.00856. The van der Waals surface area contributed by atoms with E-state index in [1.54, 1.807) is 19.1 Å². The lowest BCUT2D eigenvalue weighted by Gasteiger charge is -2.13. The third-order valence-corrected chi connectivity index (χ3v) is 6.44. The van der Waals surface area contributed by atoms with Crippen LogP contribution >= 0.6 is 27.5 Å². The molecule has 0 saturated heterocycles. The number of benzene rings is 2. The van der Waals surface area contributed by atoms with E-state index in [1.807, 2.05) is 0 Å². The van der Waals surface area contributed by atoms with E-state index in [-0.39, 0.29) is 10.4 Å². The Bertz CT molecular complexity index is 1230. The van der Waals surface area contributed by atoms with E-state index in [0.717, 1.165) is 0 Å². The van der Waals surface area contributed by atoms with E-state index in [4.69, 9.17) is 11.6 Å². The van der Waals surface area contributed by atoms with Gasteiger partial charge >= 0.3 is 11.1 Å². The van der Waals surface area contributed by atoms with Gasteiger partial charge in [0.2, 0.25) is 0 Å². The first kappa shape index (κ1) is 18.7. The molecule has 0 spiro atoms. The van der Waals surface area contributed by atoms with Crippen LogP contribution in [-0.4, -0.2) is 18.4 Å². The van der Waals surface area contributed by atoms with Crippen molar-refractivity contribution >= 4 is 54.3 Å². The van der Waals surface area contributed by atoms with E-state index in [1.165, 1.54) is 18.2 Å². The number of aryl methyl sites for hydroxylation is 1. The van der Waals surface area contributed by atoms with E-state index in [0.29, 0.717) is 32.7 Å². The number of aromatic amines is 2. The van der Waals surface area contributed by atoms with Crippen molar-refractivity contribution in [2.24, 2.45) is 0 Å². The van der Waals surface area contributed by atoms with Crippen molar-refractivity contribution in [3.8, 4) is 0 Å². The average molecular weight is 459 g/mol. The van der Waals surface area contributed by atoms with Crippen LogP contribution in [0.2, 0.25) is 5.02 Å². The molecule has 10 heteroatoms. The van der Waals surface area contributed by atoms with Crippen molar-refractivity contribution in [2.75, 3.05) is 4.72 Å². The summed E-state index contributed by atoms with van der Waals surface area (Å²) in [4.78, 5) is 27.8. The summed E-state index contributed by atoms with van der Waals surface area (Å²) in [6.45, 7) is 1.79. The lowest BCUT2D eigenvalue weighted by Crippen LogP contribution is -2.29. The molecule has 0 aliphatic heterocycles. The Labute approximate surface area is 161 Å². The Morgan fingerprint density at radius 1 is 1.08 bits per heavy atom. The van der Waals surface area contributed by atoms with Gasteiger partial charge in [0.05, 0.1) is 26.6 Å². The van der Waals surface area contributed by atoms with Gasteiger partial charge in [0.15, 0.2) is 0 Å². The normalized spacial score (nSPS) is 11.7. The molecule has 3 N–H and O–H groups in total. The highest BCUT2D eigenvalue weighted by Gasteiger charge is 2.20. The Balaban J connectivity index is 2.15. The summed E-state index contributed by atoms with van der Waals surface area (Å²) in [5.74, 6) is 0. The van der Waals surface area contributed by atoms with Gasteiger partial charge in [0.1, 0.15) is 0 Å². The molecule has 7 nitrogen and oxygen atoms in total. The fraction of sp³-hybridized carbons (Fsp3) is 0.125. The summed E-state index contributed by atoms with van der Waals surface area (Å²) in [5, 5.41) is 0.362. The third kappa shape index (κ3) is 3.55. The molecule has 0 amide bonds. The molecular formula is C16H13BrClN3O4S. The summed E-state index contributed by atoms with van der Waals surface area (Å²) in [7, 11) is -3.94. The molecule has 2 aromatic carbocycles. The molecule has 0 aliphatic carbocycles. The number of H-pyrrole nitrogens is 2. The zero-order valence-electron chi connectivity index (χ0n) is 13.4. The quantitative estimate of drug-likeness (QED) is 0.522. The predicted octanol–water partition coefficient (Wildman–Crippen LogP) is 3.00. The van der Waals surface area contributed by atoms with Gasteiger partial charge in [-0.3, -0.25) is 14.3 Å². The lowest BCUT2D eigenvalue weighted by atomic mass is 10.1. The smallest absolute Gasteiger partial charge is 0.314 e. The van der Waals surface area contributed by atoms with Crippen molar-refractivity contribution in [1.29, 1.82) is 0 Å². The lowest BCUT2D eigenvalue weighted by molar-refractivity contribution is 0.600. The van der Waals surface area contributed by atoms with Crippen LogP contribution in [0.5, 0.6) is 0 Å². The molecule has 3 aromatic rings. The van der Waals surface area contributed by atoms with Gasteiger partial charge in [-0.05, 0) is 58.2 Å². The number of halogens is 2. The molecule has 0 bridgehead atoms. The molecule has 26 heavy (non-hydrogen) atoms. The molecule has 1 heterocycles. The van der Waals surface area contributed by atoms with Crippen molar-refractivity contribution in [1.82, 2.24) is 9.97 Å². The van der Waals surface area contributed by atoms with Crippen molar-refractivity contribution in [3.05, 3.63) is 66.1 Å². The van der Waals surface area contributed by atoms with Crippen molar-refractivity contribution in [2.45, 2.75) is 18.2 Å². The van der Waals surface area contributed by atoms with Gasteiger partial charge in [-0.2, -0.15) is 0 Å². The minimum Gasteiger partial charge on any atom is -0.316 e. The Morgan fingerprint density at radius 2 is 1.69 bits per heavy atom. The molecule has 136 valence electrons. The van der Waals surface area contributed by atoms with Gasteiger partial charge < -0.3 is 9.97 Å². The maximum absolute atomic E-state index is 12.8. The first-order chi connectivity index (χ1) is 12.2. The predicted molar refractivity (Wildman–Crippen MR) is 105 cm³/mol. The van der Waals surface area contributed by atoms with Gasteiger partial charge in [0.25, 0.3) is 10.0 Å². The van der Waals surface area contributed by atoms with Gasteiger partial charge in [-0.1, -0.05) is 18.5 Å². The number of anilines is 1. The number of nitrogens with one attached hydrogen (secondary N) is 3. The molecule has 0 unspecified atom stereocenters. The third-order valence-electron chi connectivity index (χ3n) is 3.75. The number of hydrogen-bond acceptors (Lipinski definition) is 4. The fourth-order valence-electron chi connectivity index (χ4n) is 2.49. The maximum Gasteiger partial charge on any atom is 0.314 e. The number of sulfonamides is 1. The van der Waals surface area contributed by atoms with Crippen molar-refractivity contribution < 1.29 is 8.42 Å². The summed E-state index contributed by atoms with van der Waals surface area (Å²) in [6, 6.07) is 7.54. The van der Waals surface area contributed by atoms with E-state index in [9.17, 15) is 18.0 Å². The highest BCUT2D eigenvalue weighted by atomic mass is 79.9. The second-order valence-electron chi connectivity index (χ2n) is 5.50. The minimum atomic E-state index is -3.94. The summed E-state index contributed by atoms with van der Waals surface area (Å²) in [5.41, 5.74) is -0.264. The number of aromatic nitrogens is 2. The van der Waals surface area contributed by atoms with Crippen LogP contribution in [0, 0.1) is 0 Å². The summed E-state index contributed by atoms with van der Waals surface area (Å²) in [6.07, 6.45) is 0.411. The molecule has 0 atom stereocenters. The molecule has 0 radical (unpaired) electrons. The SMILES string of the molecule is CCc1cc2[nH]c(=O)c(=O)[nH]c2cc1S(=O)(=O)Nc1ccc(Br)c(Cl)c1. The largest absolute Gasteiger partial charge is 0.316 e. The average Bonchev–Trinajstić information content (AvgIpc) is 2.58. The number of hydrogen-bond donors (Lipinski definition) is 3. The number of fused-ring (bicyclic) bond motifs is 1. The molecular weight excluding hydrogens is 446 g/mol. The van der Waals surface area contributed by atoms with Crippen LogP contribution in [0.3, 0.4) is 0 Å². The Morgan fingerprint density at radius 3 is 2.27 bits per heavy atom. The van der Waals surface area contributed by atoms with E-state index in [2.05, 4.69) is 30.6 Å². The van der Waals surface area contributed by atoms with Crippen LogP contribution in [0.4, 0.5) is 5.69 Å². The number of rotatable bonds is 4. The highest BCUT2D eigenvalue weighted by Crippen LogP contribution is 2.28. The van der Waals surface area contributed by atoms with Gasteiger partial charge in [-0.15, -0.1) is 0 Å². The topological polar surface area (TPSA) is 112 Å². The van der Waals surface area contributed by atoms with Crippen LogP contribution < -0.4 is 15.8 Å². The Hall–Kier alpha value is -2.10. The first-order valence-corrected chi connectivity index (χ1v) is 10.1. The Kier molecular flexibility index (Phi) is 4.96. The molecule has 0 fully saturated rings. The molecule has 0 aliphatic rings. The first-order valence-electron chi connectivity index (χ1n) is 7.48. The monoisotopic (exact) mass is 457 g/mol. The maximum atomic E-state index is 12.8. The van der Waals surface area contributed by atoms with Gasteiger partial charge in [-0.25, -0.2) is 8.42 Å². The fourth-order valence-corrected chi connectivity index (χ4v) is 4.28. The zero-order valence-corrected chi connectivity index (χ0v) is 16.5. The standard InChI is InChI=1S/C16H13BrClN3O4S/c1-2-8-5-12-13(20-16(23)15(22)19-12)7-14(8)26(24,25)21-9-3-4-10(17)11(18)6-9/h3-7,21H,2H2,1H3,(H,19,22)(H,20,23). The molecule has 1 aromatic heterocycles. The van der Waals surface area contributed by atoms with E-state index < -0.39 is 21.1 Å². The van der Waals surface area contributed by atoms with E-state index >= 15 is 0 Å². The van der Waals surface area contributed by atoms with Crippen molar-refractivity contribution in [3.63, 3.8) is 0 Å².